The van der Waals surface area contributed by atoms with Gasteiger partial charge in [0.15, 0.2) is 0 Å². The molecule has 88 valence electrons. The van der Waals surface area contributed by atoms with Gasteiger partial charge in [-0.2, -0.15) is 0 Å². The van der Waals surface area contributed by atoms with Gasteiger partial charge in [-0.05, 0) is 56.2 Å². The molecule has 0 saturated heterocycles. The summed E-state index contributed by atoms with van der Waals surface area (Å²) in [6.45, 7) is 0.377. The lowest BCUT2D eigenvalue weighted by atomic mass is 10.2. The lowest BCUT2D eigenvalue weighted by Crippen LogP contribution is -2.22. The van der Waals surface area contributed by atoms with Crippen LogP contribution in [0.5, 0.6) is 0 Å². The van der Waals surface area contributed by atoms with E-state index in [4.69, 9.17) is 0 Å². The lowest BCUT2D eigenvalue weighted by Gasteiger charge is -2.06. The Morgan fingerprint density at radius 1 is 1.47 bits per heavy atom. The van der Waals surface area contributed by atoms with Crippen LogP contribution < -0.4 is 5.56 Å². The highest BCUT2D eigenvalue weighted by molar-refractivity contribution is 14.1. The van der Waals surface area contributed by atoms with Gasteiger partial charge < -0.3 is 0 Å². The van der Waals surface area contributed by atoms with E-state index in [-0.39, 0.29) is 11.4 Å². The smallest absolute Gasteiger partial charge is 0.267 e. The molecule has 2 rings (SSSR count). The molecule has 1 aromatic carbocycles. The van der Waals surface area contributed by atoms with Crippen LogP contribution in [0.25, 0.3) is 0 Å². The van der Waals surface area contributed by atoms with E-state index in [1.54, 1.807) is 12.1 Å². The van der Waals surface area contributed by atoms with E-state index in [1.807, 2.05) is 22.6 Å². The van der Waals surface area contributed by atoms with Crippen molar-refractivity contribution < 1.29 is 4.39 Å². The molecule has 0 aliphatic carbocycles. The van der Waals surface area contributed by atoms with Crippen molar-refractivity contribution in [1.29, 1.82) is 0 Å². The van der Waals surface area contributed by atoms with E-state index in [0.717, 1.165) is 5.56 Å². The molecular formula is C11H7BrFIN2O. The Balaban J connectivity index is 2.35. The van der Waals surface area contributed by atoms with Crippen molar-refractivity contribution in [2.45, 2.75) is 6.54 Å². The lowest BCUT2D eigenvalue weighted by molar-refractivity contribution is 0.619. The van der Waals surface area contributed by atoms with E-state index in [9.17, 15) is 9.18 Å². The van der Waals surface area contributed by atoms with Crippen LogP contribution in [0.3, 0.4) is 0 Å². The highest BCUT2D eigenvalue weighted by Crippen LogP contribution is 2.17. The van der Waals surface area contributed by atoms with Crippen molar-refractivity contribution in [3.8, 4) is 0 Å². The summed E-state index contributed by atoms with van der Waals surface area (Å²) in [7, 11) is 0. The van der Waals surface area contributed by atoms with Gasteiger partial charge in [0.05, 0.1) is 20.9 Å². The van der Waals surface area contributed by atoms with E-state index in [1.165, 1.54) is 23.2 Å². The molecule has 0 bridgehead atoms. The topological polar surface area (TPSA) is 34.9 Å². The first kappa shape index (κ1) is 12.7. The molecule has 0 saturated carbocycles. The van der Waals surface area contributed by atoms with Crippen LogP contribution in [0.1, 0.15) is 5.56 Å². The summed E-state index contributed by atoms with van der Waals surface area (Å²) in [5, 5.41) is 0. The average molecular weight is 409 g/mol. The molecule has 0 aliphatic heterocycles. The minimum Gasteiger partial charge on any atom is -0.294 e. The van der Waals surface area contributed by atoms with Gasteiger partial charge in [0.25, 0.3) is 5.56 Å². The maximum absolute atomic E-state index is 13.1. The monoisotopic (exact) mass is 408 g/mol. The van der Waals surface area contributed by atoms with E-state index in [2.05, 4.69) is 20.9 Å². The molecule has 17 heavy (non-hydrogen) atoms. The third-order valence-electron chi connectivity index (χ3n) is 2.20. The van der Waals surface area contributed by atoms with Crippen molar-refractivity contribution in [3.05, 3.63) is 60.5 Å². The molecule has 3 nitrogen and oxygen atoms in total. The summed E-state index contributed by atoms with van der Waals surface area (Å²) < 4.78 is 15.5. The third kappa shape index (κ3) is 2.92. The first-order chi connectivity index (χ1) is 8.08. The molecule has 0 spiro atoms. The summed E-state index contributed by atoms with van der Waals surface area (Å²) in [5.74, 6) is -0.318. The molecular weight excluding hydrogens is 402 g/mol. The zero-order valence-corrected chi connectivity index (χ0v) is 12.3. The highest BCUT2D eigenvalue weighted by Gasteiger charge is 2.04. The second kappa shape index (κ2) is 5.26. The van der Waals surface area contributed by atoms with Crippen LogP contribution >= 0.6 is 38.5 Å². The minimum absolute atomic E-state index is 0.0963. The predicted molar refractivity (Wildman–Crippen MR) is 74.4 cm³/mol. The van der Waals surface area contributed by atoms with Gasteiger partial charge >= 0.3 is 0 Å². The van der Waals surface area contributed by atoms with Crippen LogP contribution in [0, 0.1) is 9.39 Å². The summed E-state index contributed by atoms with van der Waals surface area (Å²) in [4.78, 5) is 15.7. The van der Waals surface area contributed by atoms with Gasteiger partial charge in [0.2, 0.25) is 0 Å². The highest BCUT2D eigenvalue weighted by atomic mass is 127. The molecule has 0 fully saturated rings. The van der Waals surface area contributed by atoms with Crippen molar-refractivity contribution >= 4 is 38.5 Å². The predicted octanol–water partition coefficient (Wildman–Crippen LogP) is 2.80. The summed E-state index contributed by atoms with van der Waals surface area (Å²) in [6, 6.07) is 4.67. The number of hydrogen-bond donors (Lipinski definition) is 0. The largest absolute Gasteiger partial charge is 0.294 e. The van der Waals surface area contributed by atoms with Gasteiger partial charge in [0.1, 0.15) is 5.82 Å². The summed E-state index contributed by atoms with van der Waals surface area (Å²) in [6.07, 6.45) is 2.99. The number of aromatic nitrogens is 2. The summed E-state index contributed by atoms with van der Waals surface area (Å²) in [5.41, 5.74) is 0.741. The zero-order chi connectivity index (χ0) is 12.4. The molecule has 1 heterocycles. The minimum atomic E-state index is -0.318. The number of rotatable bonds is 2. The molecule has 1 aromatic heterocycles. The number of benzene rings is 1. The Morgan fingerprint density at radius 2 is 2.24 bits per heavy atom. The first-order valence-corrected chi connectivity index (χ1v) is 6.59. The Kier molecular flexibility index (Phi) is 3.93. The molecule has 0 amide bonds. The molecule has 0 aliphatic rings. The van der Waals surface area contributed by atoms with Crippen LogP contribution in [-0.4, -0.2) is 9.55 Å². The van der Waals surface area contributed by atoms with Crippen LogP contribution in [-0.2, 0) is 6.54 Å². The van der Waals surface area contributed by atoms with Crippen LogP contribution in [0.15, 0.2) is 40.0 Å². The Bertz CT molecular complexity index is 615. The maximum atomic E-state index is 13.1. The maximum Gasteiger partial charge on any atom is 0.267 e. The second-order valence-electron chi connectivity index (χ2n) is 3.42. The quantitative estimate of drug-likeness (QED) is 0.716. The number of hydrogen-bond acceptors (Lipinski definition) is 2. The summed E-state index contributed by atoms with van der Waals surface area (Å²) >= 11 is 5.05. The average Bonchev–Trinajstić information content (AvgIpc) is 2.30. The molecule has 2 aromatic rings. The second-order valence-corrected chi connectivity index (χ2v) is 5.44. The number of halogens is 3. The van der Waals surface area contributed by atoms with Gasteiger partial charge in [-0.25, -0.2) is 9.37 Å². The fraction of sp³-hybridized carbons (Fsp3) is 0.0909. The molecule has 6 heteroatoms. The molecule has 0 unspecified atom stereocenters. The van der Waals surface area contributed by atoms with E-state index >= 15 is 0 Å². The van der Waals surface area contributed by atoms with Crippen molar-refractivity contribution in [2.75, 3.05) is 0 Å². The third-order valence-corrected chi connectivity index (χ3v) is 3.54. The molecule has 0 atom stereocenters. The molecule has 0 N–H and O–H groups in total. The van der Waals surface area contributed by atoms with E-state index in [0.29, 0.717) is 14.6 Å². The number of nitrogens with zero attached hydrogens (tertiary/aromatic N) is 2. The van der Waals surface area contributed by atoms with Gasteiger partial charge in [-0.3, -0.25) is 9.36 Å². The fourth-order valence-corrected chi connectivity index (χ4v) is 2.27. The normalized spacial score (nSPS) is 10.5. The first-order valence-electron chi connectivity index (χ1n) is 4.72. The van der Waals surface area contributed by atoms with Gasteiger partial charge in [-0.1, -0.05) is 6.07 Å². The van der Waals surface area contributed by atoms with Crippen molar-refractivity contribution in [3.63, 3.8) is 0 Å². The van der Waals surface area contributed by atoms with Crippen LogP contribution in [0.2, 0.25) is 0 Å². The zero-order valence-electron chi connectivity index (χ0n) is 8.53. The van der Waals surface area contributed by atoms with Gasteiger partial charge in [0, 0.05) is 6.20 Å². The Hall–Kier alpha value is -0.760. The Morgan fingerprint density at radius 3 is 2.94 bits per heavy atom. The SMILES string of the molecule is O=c1c(I)cncn1Cc1ccc(F)c(Br)c1. The Labute approximate surface area is 119 Å². The van der Waals surface area contributed by atoms with Crippen molar-refractivity contribution in [2.24, 2.45) is 0 Å². The van der Waals surface area contributed by atoms with Gasteiger partial charge in [-0.15, -0.1) is 0 Å². The standard InChI is InChI=1S/C11H7BrFIN2O/c12-8-3-7(1-2-9(8)13)5-16-6-15-4-10(14)11(16)17/h1-4,6H,5H2. The van der Waals surface area contributed by atoms with Crippen LogP contribution in [0.4, 0.5) is 4.39 Å². The van der Waals surface area contributed by atoms with E-state index < -0.39 is 0 Å². The van der Waals surface area contributed by atoms with Crippen molar-refractivity contribution in [1.82, 2.24) is 9.55 Å². The molecule has 0 radical (unpaired) electrons. The fourth-order valence-electron chi connectivity index (χ4n) is 1.37.